The molecule has 1 aromatic rings. The summed E-state index contributed by atoms with van der Waals surface area (Å²) in [5, 5.41) is 0. The van der Waals surface area contributed by atoms with Crippen LogP contribution < -0.4 is 0 Å². The van der Waals surface area contributed by atoms with E-state index in [2.05, 4.69) is 0 Å². The van der Waals surface area contributed by atoms with Gasteiger partial charge in [0.1, 0.15) is 0 Å². The lowest BCUT2D eigenvalue weighted by Gasteiger charge is -2.00. The Hall–Kier alpha value is -0.670. The minimum absolute atomic E-state index is 0.473. The van der Waals surface area contributed by atoms with E-state index in [4.69, 9.17) is 4.18 Å². The van der Waals surface area contributed by atoms with Crippen molar-refractivity contribution in [3.63, 3.8) is 0 Å². The quantitative estimate of drug-likeness (QED) is 0.718. The Kier molecular flexibility index (Phi) is 3.44. The molecule has 0 heterocycles. The molecule has 12 heavy (non-hydrogen) atoms. The van der Waals surface area contributed by atoms with Crippen molar-refractivity contribution in [3.05, 3.63) is 29.8 Å². The second-order valence-electron chi connectivity index (χ2n) is 2.45. The lowest BCUT2D eigenvalue weighted by Crippen LogP contribution is -1.96. The van der Waals surface area contributed by atoms with Gasteiger partial charge in [-0.3, -0.25) is 4.18 Å². The largest absolute Gasteiger partial charge is 0.287 e. The fourth-order valence-corrected chi connectivity index (χ4v) is 1.53. The summed E-state index contributed by atoms with van der Waals surface area (Å²) in [7, 11) is 0. The highest BCUT2D eigenvalue weighted by atomic mass is 32.2. The van der Waals surface area contributed by atoms with Crippen LogP contribution in [-0.4, -0.2) is 10.8 Å². The first-order valence-corrected chi connectivity index (χ1v) is 4.93. The van der Waals surface area contributed by atoms with Gasteiger partial charge in [-0.25, -0.2) is 4.21 Å². The Balaban J connectivity index is 2.75. The van der Waals surface area contributed by atoms with E-state index >= 15 is 0 Å². The van der Waals surface area contributed by atoms with Crippen LogP contribution in [0.15, 0.2) is 29.2 Å². The zero-order chi connectivity index (χ0) is 8.97. The lowest BCUT2D eigenvalue weighted by molar-refractivity contribution is 0.371. The summed E-state index contributed by atoms with van der Waals surface area (Å²) in [6.45, 7) is 4.29. The molecule has 0 spiro atoms. The number of rotatable bonds is 3. The molecule has 3 heteroatoms. The van der Waals surface area contributed by atoms with E-state index in [1.54, 1.807) is 0 Å². The van der Waals surface area contributed by atoms with Crippen LogP contribution in [0.1, 0.15) is 12.5 Å². The molecule has 1 aromatic carbocycles. The van der Waals surface area contributed by atoms with Crippen molar-refractivity contribution < 1.29 is 8.39 Å². The number of hydrogen-bond acceptors (Lipinski definition) is 2. The highest BCUT2D eigenvalue weighted by Gasteiger charge is 2.01. The van der Waals surface area contributed by atoms with Crippen molar-refractivity contribution in [2.45, 2.75) is 18.7 Å². The smallest absolute Gasteiger partial charge is 0.189 e. The molecule has 66 valence electrons. The average Bonchev–Trinajstić information content (AvgIpc) is 2.06. The van der Waals surface area contributed by atoms with Gasteiger partial charge in [0.15, 0.2) is 11.1 Å². The van der Waals surface area contributed by atoms with Crippen LogP contribution in [-0.2, 0) is 15.3 Å². The summed E-state index contributed by atoms with van der Waals surface area (Å²) in [5.41, 5.74) is 1.16. The first kappa shape index (κ1) is 9.42. The molecule has 0 aliphatic rings. The Bertz CT molecular complexity index is 266. The van der Waals surface area contributed by atoms with E-state index in [1.165, 1.54) is 0 Å². The first-order chi connectivity index (χ1) is 5.74. The molecule has 0 aliphatic heterocycles. The Morgan fingerprint density at radius 2 is 1.92 bits per heavy atom. The van der Waals surface area contributed by atoms with Crippen molar-refractivity contribution in [1.29, 1.82) is 0 Å². The fraction of sp³-hybridized carbons (Fsp3) is 0.333. The molecular weight excluding hydrogens is 172 g/mol. The van der Waals surface area contributed by atoms with E-state index in [0.717, 1.165) is 10.5 Å². The molecular formula is C9H12O2S. The van der Waals surface area contributed by atoms with Gasteiger partial charge in [0.2, 0.25) is 0 Å². The number of aryl methyl sites for hydroxylation is 1. The summed E-state index contributed by atoms with van der Waals surface area (Å²) in [6.07, 6.45) is 0. The van der Waals surface area contributed by atoms with Crippen molar-refractivity contribution in [3.8, 4) is 0 Å². The van der Waals surface area contributed by atoms with E-state index in [0.29, 0.717) is 6.61 Å². The molecule has 0 aromatic heterocycles. The van der Waals surface area contributed by atoms with Crippen molar-refractivity contribution >= 4 is 11.1 Å². The SMILES string of the molecule is CCO[S@@](=O)c1ccc(C)cc1. The molecule has 0 unspecified atom stereocenters. The third-order valence-corrected chi connectivity index (χ3v) is 2.55. The molecule has 0 saturated carbocycles. The van der Waals surface area contributed by atoms with Crippen LogP contribution in [0.4, 0.5) is 0 Å². The Labute approximate surface area is 75.2 Å². The normalized spacial score (nSPS) is 12.8. The van der Waals surface area contributed by atoms with Crippen LogP contribution in [0.2, 0.25) is 0 Å². The van der Waals surface area contributed by atoms with Gasteiger partial charge in [0.05, 0.1) is 11.5 Å². The third-order valence-electron chi connectivity index (χ3n) is 1.44. The Morgan fingerprint density at radius 3 is 2.42 bits per heavy atom. The summed E-state index contributed by atoms with van der Waals surface area (Å²) in [5.74, 6) is 0. The van der Waals surface area contributed by atoms with Crippen LogP contribution in [0, 0.1) is 6.92 Å². The molecule has 2 nitrogen and oxygen atoms in total. The van der Waals surface area contributed by atoms with Crippen molar-refractivity contribution in [1.82, 2.24) is 0 Å². The van der Waals surface area contributed by atoms with Crippen LogP contribution in [0.25, 0.3) is 0 Å². The van der Waals surface area contributed by atoms with E-state index in [-0.39, 0.29) is 0 Å². The average molecular weight is 184 g/mol. The first-order valence-electron chi connectivity index (χ1n) is 3.85. The van der Waals surface area contributed by atoms with Gasteiger partial charge in [-0.2, -0.15) is 0 Å². The van der Waals surface area contributed by atoms with Gasteiger partial charge in [0, 0.05) is 0 Å². The monoisotopic (exact) mass is 184 g/mol. The van der Waals surface area contributed by atoms with Crippen molar-refractivity contribution in [2.75, 3.05) is 6.61 Å². The van der Waals surface area contributed by atoms with Crippen LogP contribution in [0.3, 0.4) is 0 Å². The molecule has 0 radical (unpaired) electrons. The lowest BCUT2D eigenvalue weighted by atomic mass is 10.2. The second-order valence-corrected chi connectivity index (χ2v) is 3.63. The molecule has 0 fully saturated rings. The van der Waals surface area contributed by atoms with Gasteiger partial charge in [-0.1, -0.05) is 17.7 Å². The molecule has 0 saturated heterocycles. The molecule has 0 N–H and O–H groups in total. The van der Waals surface area contributed by atoms with E-state index in [1.807, 2.05) is 38.1 Å². The predicted octanol–water partition coefficient (Wildman–Crippen LogP) is 2.05. The summed E-state index contributed by atoms with van der Waals surface area (Å²) < 4.78 is 16.2. The van der Waals surface area contributed by atoms with Crippen molar-refractivity contribution in [2.24, 2.45) is 0 Å². The van der Waals surface area contributed by atoms with Gasteiger partial charge in [0.25, 0.3) is 0 Å². The fourth-order valence-electron chi connectivity index (χ4n) is 0.824. The molecule has 1 rings (SSSR count). The van der Waals surface area contributed by atoms with Gasteiger partial charge in [-0.15, -0.1) is 0 Å². The topological polar surface area (TPSA) is 26.3 Å². The van der Waals surface area contributed by atoms with Crippen LogP contribution >= 0.6 is 0 Å². The molecule has 0 amide bonds. The van der Waals surface area contributed by atoms with Gasteiger partial charge in [-0.05, 0) is 26.0 Å². The molecule has 1 atom stereocenters. The summed E-state index contributed by atoms with van der Waals surface area (Å²) >= 11 is -1.29. The second kappa shape index (κ2) is 4.38. The standard InChI is InChI=1S/C9H12O2S/c1-3-11-12(10)9-6-4-8(2)5-7-9/h4-7H,3H2,1-2H3/t12-/m1/s1. The zero-order valence-electron chi connectivity index (χ0n) is 7.24. The van der Waals surface area contributed by atoms with Gasteiger partial charge < -0.3 is 0 Å². The minimum Gasteiger partial charge on any atom is -0.287 e. The maximum absolute atomic E-state index is 11.2. The highest BCUT2D eigenvalue weighted by Crippen LogP contribution is 2.08. The van der Waals surface area contributed by atoms with E-state index < -0.39 is 11.1 Å². The third kappa shape index (κ3) is 2.43. The Morgan fingerprint density at radius 1 is 1.33 bits per heavy atom. The summed E-state index contributed by atoms with van der Waals surface area (Å²) in [4.78, 5) is 0.724. The van der Waals surface area contributed by atoms with Gasteiger partial charge >= 0.3 is 0 Å². The maximum Gasteiger partial charge on any atom is 0.189 e. The highest BCUT2D eigenvalue weighted by molar-refractivity contribution is 7.80. The minimum atomic E-state index is -1.29. The van der Waals surface area contributed by atoms with E-state index in [9.17, 15) is 4.21 Å². The molecule has 0 bridgehead atoms. The number of hydrogen-bond donors (Lipinski definition) is 0. The number of benzene rings is 1. The predicted molar refractivity (Wildman–Crippen MR) is 49.2 cm³/mol. The summed E-state index contributed by atoms with van der Waals surface area (Å²) in [6, 6.07) is 7.49. The molecule has 0 aliphatic carbocycles. The zero-order valence-corrected chi connectivity index (χ0v) is 8.06. The maximum atomic E-state index is 11.2. The van der Waals surface area contributed by atoms with Crippen LogP contribution in [0.5, 0.6) is 0 Å².